The van der Waals surface area contributed by atoms with E-state index < -0.39 is 5.97 Å². The van der Waals surface area contributed by atoms with E-state index in [2.05, 4.69) is 15.9 Å². The largest absolute Gasteiger partial charge is 0.493 e. The summed E-state index contributed by atoms with van der Waals surface area (Å²) in [5.41, 5.74) is 2.09. The van der Waals surface area contributed by atoms with Crippen LogP contribution >= 0.6 is 27.5 Å². The van der Waals surface area contributed by atoms with E-state index in [-0.39, 0.29) is 19.1 Å². The predicted molar refractivity (Wildman–Crippen MR) is 114 cm³/mol. The molecule has 1 amide bonds. The molecule has 7 nitrogen and oxygen atoms in total. The van der Waals surface area contributed by atoms with Crippen molar-refractivity contribution in [2.24, 2.45) is 0 Å². The van der Waals surface area contributed by atoms with Gasteiger partial charge in [0.2, 0.25) is 0 Å². The van der Waals surface area contributed by atoms with Crippen LogP contribution in [0.15, 0.2) is 34.8 Å². The van der Waals surface area contributed by atoms with Gasteiger partial charge in [-0.25, -0.2) is 4.79 Å². The number of esters is 1. The highest BCUT2D eigenvalue weighted by atomic mass is 79.9. The van der Waals surface area contributed by atoms with Crippen molar-refractivity contribution < 1.29 is 28.5 Å². The van der Waals surface area contributed by atoms with Crippen molar-refractivity contribution in [1.29, 1.82) is 0 Å². The Kier molecular flexibility index (Phi) is 7.44. The summed E-state index contributed by atoms with van der Waals surface area (Å²) in [4.78, 5) is 26.1. The standard InChI is InChI=1S/C21H21BrClNO6/c1-27-18-7-13-5-6-24(10-14(13)8-19(18)28-2)20(25)11-30-21(26)12-29-17-4-3-15(23)9-16(17)22/h3-4,7-9H,5-6,10-12H2,1-2H3. The van der Waals surface area contributed by atoms with Crippen LogP contribution < -0.4 is 14.2 Å². The molecule has 0 fully saturated rings. The van der Waals surface area contributed by atoms with Crippen LogP contribution in [-0.2, 0) is 27.3 Å². The molecule has 3 rings (SSSR count). The van der Waals surface area contributed by atoms with Crippen molar-refractivity contribution in [1.82, 2.24) is 4.90 Å². The molecule has 160 valence electrons. The van der Waals surface area contributed by atoms with Gasteiger partial charge in [-0.05, 0) is 63.8 Å². The molecular weight excluding hydrogens is 478 g/mol. The molecule has 2 aromatic rings. The molecule has 0 saturated heterocycles. The Hall–Kier alpha value is -2.45. The summed E-state index contributed by atoms with van der Waals surface area (Å²) in [6.45, 7) is 0.299. The van der Waals surface area contributed by atoms with Crippen LogP contribution in [0.1, 0.15) is 11.1 Å². The van der Waals surface area contributed by atoms with E-state index in [1.165, 1.54) is 0 Å². The van der Waals surface area contributed by atoms with Crippen LogP contribution in [0.2, 0.25) is 5.02 Å². The SMILES string of the molecule is COc1cc2c(cc1OC)CN(C(=O)COC(=O)COc1ccc(Cl)cc1Br)CC2. The van der Waals surface area contributed by atoms with E-state index in [1.54, 1.807) is 37.3 Å². The van der Waals surface area contributed by atoms with Crippen LogP contribution in [0.3, 0.4) is 0 Å². The lowest BCUT2D eigenvalue weighted by atomic mass is 9.99. The summed E-state index contributed by atoms with van der Waals surface area (Å²) >= 11 is 9.17. The normalized spacial score (nSPS) is 12.7. The fraction of sp³-hybridized carbons (Fsp3) is 0.333. The molecule has 0 N–H and O–H groups in total. The summed E-state index contributed by atoms with van der Waals surface area (Å²) in [6, 6.07) is 8.75. The number of carbonyl (C=O) groups is 2. The van der Waals surface area contributed by atoms with Crippen molar-refractivity contribution in [2.75, 3.05) is 34.0 Å². The van der Waals surface area contributed by atoms with Gasteiger partial charge in [0.1, 0.15) is 5.75 Å². The van der Waals surface area contributed by atoms with Gasteiger partial charge in [-0.3, -0.25) is 4.79 Å². The fourth-order valence-electron chi connectivity index (χ4n) is 3.10. The van der Waals surface area contributed by atoms with E-state index in [0.717, 1.165) is 11.1 Å². The zero-order valence-corrected chi connectivity index (χ0v) is 18.9. The van der Waals surface area contributed by atoms with Crippen LogP contribution in [0, 0.1) is 0 Å². The molecule has 0 unspecified atom stereocenters. The third-order valence-corrected chi connectivity index (χ3v) is 5.52. The summed E-state index contributed by atoms with van der Waals surface area (Å²) in [5, 5.41) is 0.543. The smallest absolute Gasteiger partial charge is 0.344 e. The number of amides is 1. The monoisotopic (exact) mass is 497 g/mol. The van der Waals surface area contributed by atoms with Gasteiger partial charge in [-0.2, -0.15) is 0 Å². The topological polar surface area (TPSA) is 74.3 Å². The highest BCUT2D eigenvalue weighted by Gasteiger charge is 2.23. The third kappa shape index (κ3) is 5.37. The molecule has 0 spiro atoms. The first-order chi connectivity index (χ1) is 14.4. The number of benzene rings is 2. The quantitative estimate of drug-likeness (QED) is 0.543. The van der Waals surface area contributed by atoms with Crippen LogP contribution in [-0.4, -0.2) is 50.8 Å². The molecule has 2 aromatic carbocycles. The number of nitrogens with zero attached hydrogens (tertiary/aromatic N) is 1. The number of ether oxygens (including phenoxy) is 4. The molecule has 0 aliphatic carbocycles. The average molecular weight is 499 g/mol. The van der Waals surface area contributed by atoms with Gasteiger partial charge in [0, 0.05) is 18.1 Å². The molecule has 1 aliphatic rings. The summed E-state index contributed by atoms with van der Waals surface area (Å²) in [7, 11) is 3.16. The zero-order valence-electron chi connectivity index (χ0n) is 16.6. The van der Waals surface area contributed by atoms with E-state index in [1.807, 2.05) is 12.1 Å². The molecule has 0 bridgehead atoms. The lowest BCUT2D eigenvalue weighted by Crippen LogP contribution is -2.39. The first-order valence-electron chi connectivity index (χ1n) is 9.16. The molecule has 0 saturated carbocycles. The van der Waals surface area contributed by atoms with E-state index >= 15 is 0 Å². The number of carbonyl (C=O) groups excluding carboxylic acids is 2. The first kappa shape index (κ1) is 22.2. The van der Waals surface area contributed by atoms with Gasteiger partial charge in [0.05, 0.1) is 18.7 Å². The highest BCUT2D eigenvalue weighted by molar-refractivity contribution is 9.10. The Labute approximate surface area is 187 Å². The second kappa shape index (κ2) is 10.0. The Morgan fingerprint density at radius 2 is 1.73 bits per heavy atom. The average Bonchev–Trinajstić information content (AvgIpc) is 2.75. The van der Waals surface area contributed by atoms with Gasteiger partial charge in [-0.15, -0.1) is 0 Å². The molecule has 30 heavy (non-hydrogen) atoms. The maximum Gasteiger partial charge on any atom is 0.344 e. The second-order valence-electron chi connectivity index (χ2n) is 6.57. The maximum atomic E-state index is 12.5. The number of hydrogen-bond donors (Lipinski definition) is 0. The predicted octanol–water partition coefficient (Wildman–Crippen LogP) is 3.63. The molecule has 1 heterocycles. The summed E-state index contributed by atoms with van der Waals surface area (Å²) in [6.07, 6.45) is 0.684. The number of rotatable bonds is 7. The maximum absolute atomic E-state index is 12.5. The van der Waals surface area contributed by atoms with Crippen LogP contribution in [0.4, 0.5) is 0 Å². The molecule has 0 aromatic heterocycles. The minimum atomic E-state index is -0.631. The third-order valence-electron chi connectivity index (χ3n) is 4.67. The van der Waals surface area contributed by atoms with E-state index in [0.29, 0.717) is 46.3 Å². The van der Waals surface area contributed by atoms with Crippen LogP contribution in [0.25, 0.3) is 0 Å². The number of hydrogen-bond acceptors (Lipinski definition) is 6. The minimum absolute atomic E-state index is 0.267. The highest BCUT2D eigenvalue weighted by Crippen LogP contribution is 2.33. The Morgan fingerprint density at radius 3 is 2.40 bits per heavy atom. The minimum Gasteiger partial charge on any atom is -0.493 e. The molecule has 0 atom stereocenters. The van der Waals surface area contributed by atoms with Crippen molar-refractivity contribution in [3.63, 3.8) is 0 Å². The summed E-state index contributed by atoms with van der Waals surface area (Å²) in [5.74, 6) is 0.838. The molecule has 0 radical (unpaired) electrons. The number of halogens is 2. The first-order valence-corrected chi connectivity index (χ1v) is 10.3. The van der Waals surface area contributed by atoms with Crippen molar-refractivity contribution in [3.8, 4) is 17.2 Å². The van der Waals surface area contributed by atoms with Gasteiger partial charge in [0.25, 0.3) is 5.91 Å². The van der Waals surface area contributed by atoms with Crippen molar-refractivity contribution >= 4 is 39.4 Å². The molecule has 9 heteroatoms. The van der Waals surface area contributed by atoms with Gasteiger partial charge < -0.3 is 23.8 Å². The van der Waals surface area contributed by atoms with E-state index in [9.17, 15) is 9.59 Å². The number of fused-ring (bicyclic) bond motifs is 1. The van der Waals surface area contributed by atoms with Gasteiger partial charge in [-0.1, -0.05) is 11.6 Å². The van der Waals surface area contributed by atoms with Crippen molar-refractivity contribution in [3.05, 3.63) is 51.0 Å². The lowest BCUT2D eigenvalue weighted by molar-refractivity contribution is -0.154. The summed E-state index contributed by atoms with van der Waals surface area (Å²) < 4.78 is 21.7. The Bertz CT molecular complexity index is 951. The lowest BCUT2D eigenvalue weighted by Gasteiger charge is -2.29. The van der Waals surface area contributed by atoms with E-state index in [4.69, 9.17) is 30.5 Å². The Balaban J connectivity index is 1.51. The van der Waals surface area contributed by atoms with Gasteiger partial charge in [0.15, 0.2) is 24.7 Å². The van der Waals surface area contributed by atoms with Gasteiger partial charge >= 0.3 is 5.97 Å². The second-order valence-corrected chi connectivity index (χ2v) is 7.86. The van der Waals surface area contributed by atoms with Crippen LogP contribution in [0.5, 0.6) is 17.2 Å². The Morgan fingerprint density at radius 1 is 1.03 bits per heavy atom. The zero-order chi connectivity index (χ0) is 21.7. The molecular formula is C21H21BrClNO6. The fourth-order valence-corrected chi connectivity index (χ4v) is 3.90. The number of methoxy groups -OCH3 is 2. The van der Waals surface area contributed by atoms with Crippen molar-refractivity contribution in [2.45, 2.75) is 13.0 Å². The molecule has 1 aliphatic heterocycles.